The fourth-order valence-electron chi connectivity index (χ4n) is 0.883. The molecule has 0 aromatic carbocycles. The van der Waals surface area contributed by atoms with Gasteiger partial charge in [-0.15, -0.1) is 0 Å². The first-order valence-electron chi connectivity index (χ1n) is 3.63. The van der Waals surface area contributed by atoms with Crippen LogP contribution < -0.4 is 10.2 Å². The SMILES string of the molecule is CNCCCn1ccsc1=O. The molecule has 1 aromatic rings. The summed E-state index contributed by atoms with van der Waals surface area (Å²) in [6, 6.07) is 0. The number of aryl methyl sites for hydroxylation is 1. The Morgan fingerprint density at radius 2 is 2.55 bits per heavy atom. The van der Waals surface area contributed by atoms with Crippen molar-refractivity contribution in [2.24, 2.45) is 0 Å². The zero-order chi connectivity index (χ0) is 8.10. The van der Waals surface area contributed by atoms with Gasteiger partial charge in [0.1, 0.15) is 0 Å². The Hall–Kier alpha value is -0.610. The molecule has 0 atom stereocenters. The van der Waals surface area contributed by atoms with Crippen LogP contribution in [-0.2, 0) is 6.54 Å². The molecule has 0 fully saturated rings. The molecule has 1 rings (SSSR count). The summed E-state index contributed by atoms with van der Waals surface area (Å²) in [5.41, 5.74) is 0. The highest BCUT2D eigenvalue weighted by atomic mass is 32.1. The van der Waals surface area contributed by atoms with E-state index in [1.165, 1.54) is 11.3 Å². The van der Waals surface area contributed by atoms with Crippen molar-refractivity contribution in [3.63, 3.8) is 0 Å². The maximum Gasteiger partial charge on any atom is 0.307 e. The van der Waals surface area contributed by atoms with Gasteiger partial charge in [0, 0.05) is 18.1 Å². The first-order valence-corrected chi connectivity index (χ1v) is 4.51. The van der Waals surface area contributed by atoms with Crippen molar-refractivity contribution < 1.29 is 0 Å². The molecule has 0 unspecified atom stereocenters. The minimum absolute atomic E-state index is 0.140. The maximum atomic E-state index is 11.0. The lowest BCUT2D eigenvalue weighted by atomic mass is 10.4. The van der Waals surface area contributed by atoms with Crippen LogP contribution in [0.25, 0.3) is 0 Å². The van der Waals surface area contributed by atoms with E-state index in [0.717, 1.165) is 19.5 Å². The molecular weight excluding hydrogens is 160 g/mol. The van der Waals surface area contributed by atoms with Gasteiger partial charge in [-0.2, -0.15) is 0 Å². The molecule has 3 nitrogen and oxygen atoms in total. The van der Waals surface area contributed by atoms with Gasteiger partial charge in [0.15, 0.2) is 0 Å². The Bertz CT molecular complexity index is 253. The Morgan fingerprint density at radius 3 is 3.09 bits per heavy atom. The van der Waals surface area contributed by atoms with E-state index in [9.17, 15) is 4.79 Å². The monoisotopic (exact) mass is 172 g/mol. The second kappa shape index (κ2) is 4.31. The summed E-state index contributed by atoms with van der Waals surface area (Å²) in [5, 5.41) is 4.86. The molecule has 4 heteroatoms. The van der Waals surface area contributed by atoms with Crippen molar-refractivity contribution in [2.45, 2.75) is 13.0 Å². The van der Waals surface area contributed by atoms with Crippen LogP contribution in [0.3, 0.4) is 0 Å². The molecule has 0 aliphatic heterocycles. The lowest BCUT2D eigenvalue weighted by Gasteiger charge is -1.99. The van der Waals surface area contributed by atoms with Crippen LogP contribution in [0.5, 0.6) is 0 Å². The molecule has 1 aromatic heterocycles. The number of rotatable bonds is 4. The smallest absolute Gasteiger partial charge is 0.307 e. The highest BCUT2D eigenvalue weighted by Crippen LogP contribution is 1.90. The largest absolute Gasteiger partial charge is 0.320 e. The summed E-state index contributed by atoms with van der Waals surface area (Å²) in [6.45, 7) is 1.78. The Labute approximate surface area is 69.7 Å². The van der Waals surface area contributed by atoms with Gasteiger partial charge in [-0.1, -0.05) is 11.3 Å². The third-order valence-corrected chi connectivity index (χ3v) is 2.16. The van der Waals surface area contributed by atoms with Gasteiger partial charge in [0.05, 0.1) is 0 Å². The van der Waals surface area contributed by atoms with Crippen molar-refractivity contribution in [3.8, 4) is 0 Å². The molecule has 0 aliphatic rings. The second-order valence-corrected chi connectivity index (χ2v) is 3.18. The lowest BCUT2D eigenvalue weighted by molar-refractivity contribution is 0.607. The third-order valence-electron chi connectivity index (χ3n) is 1.47. The zero-order valence-electron chi connectivity index (χ0n) is 6.54. The van der Waals surface area contributed by atoms with E-state index in [1.807, 2.05) is 18.6 Å². The standard InChI is InChI=1S/C7H12N2OS/c1-8-3-2-4-9-5-6-11-7(9)10/h5-6,8H,2-4H2,1H3. The molecule has 0 saturated carbocycles. The molecule has 0 saturated heterocycles. The minimum Gasteiger partial charge on any atom is -0.320 e. The fourth-order valence-corrected chi connectivity index (χ4v) is 1.49. The van der Waals surface area contributed by atoms with E-state index in [2.05, 4.69) is 5.32 Å². The predicted octanol–water partition coefficient (Wildman–Crippen LogP) is 0.519. The Balaban J connectivity index is 2.39. The van der Waals surface area contributed by atoms with Crippen molar-refractivity contribution in [1.29, 1.82) is 0 Å². The van der Waals surface area contributed by atoms with Gasteiger partial charge in [0.25, 0.3) is 0 Å². The summed E-state index contributed by atoms with van der Waals surface area (Å²) >= 11 is 1.25. The quantitative estimate of drug-likeness (QED) is 0.672. The lowest BCUT2D eigenvalue weighted by Crippen LogP contribution is -2.16. The number of hydrogen-bond acceptors (Lipinski definition) is 3. The Kier molecular flexibility index (Phi) is 3.32. The molecule has 0 radical (unpaired) electrons. The molecule has 0 bridgehead atoms. The molecular formula is C7H12N2OS. The molecule has 1 heterocycles. The van der Waals surface area contributed by atoms with E-state index in [-0.39, 0.29) is 4.87 Å². The first kappa shape index (κ1) is 8.49. The van der Waals surface area contributed by atoms with Crippen LogP contribution in [0.2, 0.25) is 0 Å². The molecule has 0 spiro atoms. The fraction of sp³-hybridized carbons (Fsp3) is 0.571. The van der Waals surface area contributed by atoms with E-state index in [1.54, 1.807) is 4.57 Å². The molecule has 1 N–H and O–H groups in total. The summed E-state index contributed by atoms with van der Waals surface area (Å²) < 4.78 is 1.74. The average Bonchev–Trinajstić information content (AvgIpc) is 2.37. The minimum atomic E-state index is 0.140. The molecule has 0 aliphatic carbocycles. The molecule has 62 valence electrons. The van der Waals surface area contributed by atoms with Gasteiger partial charge >= 0.3 is 4.87 Å². The van der Waals surface area contributed by atoms with Crippen LogP contribution in [0.15, 0.2) is 16.4 Å². The average molecular weight is 172 g/mol. The van der Waals surface area contributed by atoms with Crippen molar-refractivity contribution in [2.75, 3.05) is 13.6 Å². The third kappa shape index (κ3) is 2.48. The number of nitrogens with zero attached hydrogens (tertiary/aromatic N) is 1. The Morgan fingerprint density at radius 1 is 1.73 bits per heavy atom. The van der Waals surface area contributed by atoms with Gasteiger partial charge in [-0.05, 0) is 20.0 Å². The summed E-state index contributed by atoms with van der Waals surface area (Å²) in [7, 11) is 1.91. The van der Waals surface area contributed by atoms with Crippen LogP contribution in [0.1, 0.15) is 6.42 Å². The number of aromatic nitrogens is 1. The van der Waals surface area contributed by atoms with Crippen LogP contribution in [0, 0.1) is 0 Å². The number of nitrogens with one attached hydrogen (secondary N) is 1. The molecule has 0 amide bonds. The number of hydrogen-bond donors (Lipinski definition) is 1. The van der Waals surface area contributed by atoms with Crippen molar-refractivity contribution in [1.82, 2.24) is 9.88 Å². The van der Waals surface area contributed by atoms with E-state index >= 15 is 0 Å². The number of thiazole rings is 1. The van der Waals surface area contributed by atoms with E-state index in [0.29, 0.717) is 0 Å². The topological polar surface area (TPSA) is 34.0 Å². The first-order chi connectivity index (χ1) is 5.34. The van der Waals surface area contributed by atoms with Crippen LogP contribution >= 0.6 is 11.3 Å². The predicted molar refractivity (Wildman–Crippen MR) is 47.1 cm³/mol. The summed E-state index contributed by atoms with van der Waals surface area (Å²) in [6.07, 6.45) is 2.84. The highest BCUT2D eigenvalue weighted by Gasteiger charge is 1.93. The second-order valence-electron chi connectivity index (χ2n) is 2.32. The van der Waals surface area contributed by atoms with Gasteiger partial charge in [-0.25, -0.2) is 0 Å². The van der Waals surface area contributed by atoms with Gasteiger partial charge < -0.3 is 9.88 Å². The van der Waals surface area contributed by atoms with Gasteiger partial charge in [-0.3, -0.25) is 4.79 Å². The maximum absolute atomic E-state index is 11.0. The zero-order valence-corrected chi connectivity index (χ0v) is 7.36. The van der Waals surface area contributed by atoms with Crippen molar-refractivity contribution in [3.05, 3.63) is 21.2 Å². The normalized spacial score (nSPS) is 10.3. The summed E-state index contributed by atoms with van der Waals surface area (Å²) in [4.78, 5) is 11.1. The molecule has 11 heavy (non-hydrogen) atoms. The van der Waals surface area contributed by atoms with Crippen LogP contribution in [-0.4, -0.2) is 18.2 Å². The highest BCUT2D eigenvalue weighted by molar-refractivity contribution is 7.07. The van der Waals surface area contributed by atoms with E-state index < -0.39 is 0 Å². The summed E-state index contributed by atoms with van der Waals surface area (Å²) in [5.74, 6) is 0. The van der Waals surface area contributed by atoms with Crippen molar-refractivity contribution >= 4 is 11.3 Å². The van der Waals surface area contributed by atoms with Crippen LogP contribution in [0.4, 0.5) is 0 Å². The van der Waals surface area contributed by atoms with E-state index in [4.69, 9.17) is 0 Å². The van der Waals surface area contributed by atoms with Gasteiger partial charge in [0.2, 0.25) is 0 Å².